The number of carbonyl (C=O) groups excluding carboxylic acids is 4. The molecule has 29 heavy (non-hydrogen) atoms. The van der Waals surface area contributed by atoms with Gasteiger partial charge in [-0.3, -0.25) is 24.0 Å². The van der Waals surface area contributed by atoms with Crippen molar-refractivity contribution in [3.8, 4) is 0 Å². The Hall–Kier alpha value is -2.69. The van der Waals surface area contributed by atoms with Crippen LogP contribution in [0.1, 0.15) is 47.0 Å². The minimum Gasteiger partial charge on any atom is -0.480 e. The van der Waals surface area contributed by atoms with E-state index in [0.29, 0.717) is 6.42 Å². The molecule has 8 N–H and O–H groups in total. The molecule has 0 saturated carbocycles. The van der Waals surface area contributed by atoms with E-state index >= 15 is 0 Å². The molecule has 0 heterocycles. The van der Waals surface area contributed by atoms with E-state index in [1.165, 1.54) is 0 Å². The first-order valence-corrected chi connectivity index (χ1v) is 9.54. The van der Waals surface area contributed by atoms with Crippen LogP contribution < -0.4 is 27.4 Å². The zero-order valence-electron chi connectivity index (χ0n) is 17.4. The van der Waals surface area contributed by atoms with Gasteiger partial charge in [0, 0.05) is 6.42 Å². The molecule has 0 radical (unpaired) electrons. The molecule has 0 fully saturated rings. The number of carboxylic acid groups (broad SMARTS) is 1. The van der Waals surface area contributed by atoms with Gasteiger partial charge < -0.3 is 32.5 Å². The van der Waals surface area contributed by atoms with Crippen molar-refractivity contribution < 1.29 is 29.1 Å². The van der Waals surface area contributed by atoms with Gasteiger partial charge in [0.05, 0.1) is 6.04 Å². The number of carboxylic acids is 1. The smallest absolute Gasteiger partial charge is 0.322 e. The minimum atomic E-state index is -1.21. The molecule has 4 amide bonds. The van der Waals surface area contributed by atoms with Crippen LogP contribution in [0.5, 0.6) is 0 Å². The van der Waals surface area contributed by atoms with Crippen LogP contribution in [0.3, 0.4) is 0 Å². The van der Waals surface area contributed by atoms with Gasteiger partial charge in [-0.2, -0.15) is 0 Å². The third kappa shape index (κ3) is 9.88. The molecule has 11 heteroatoms. The zero-order valence-corrected chi connectivity index (χ0v) is 17.4. The summed E-state index contributed by atoms with van der Waals surface area (Å²) in [6.45, 7) is 6.42. The van der Waals surface area contributed by atoms with Gasteiger partial charge >= 0.3 is 5.97 Å². The number of carbonyl (C=O) groups is 5. The summed E-state index contributed by atoms with van der Waals surface area (Å²) in [6.07, 6.45) is 0.544. The van der Waals surface area contributed by atoms with Gasteiger partial charge in [0.15, 0.2) is 0 Å². The number of hydrogen-bond acceptors (Lipinski definition) is 6. The highest BCUT2D eigenvalue weighted by molar-refractivity contribution is 5.94. The van der Waals surface area contributed by atoms with Gasteiger partial charge in [-0.15, -0.1) is 0 Å². The van der Waals surface area contributed by atoms with E-state index in [4.69, 9.17) is 16.6 Å². The van der Waals surface area contributed by atoms with Crippen molar-refractivity contribution in [2.75, 3.05) is 6.54 Å². The number of nitrogens with one attached hydrogen (secondary N) is 3. The molecule has 4 atom stereocenters. The van der Waals surface area contributed by atoms with E-state index in [1.54, 1.807) is 20.8 Å². The average molecular weight is 415 g/mol. The van der Waals surface area contributed by atoms with E-state index in [2.05, 4.69) is 16.0 Å². The fourth-order valence-corrected chi connectivity index (χ4v) is 2.44. The lowest BCUT2D eigenvalue weighted by Gasteiger charge is -2.28. The van der Waals surface area contributed by atoms with Gasteiger partial charge in [-0.1, -0.05) is 34.1 Å². The Bertz CT molecular complexity index is 610. The average Bonchev–Trinajstić information content (AvgIpc) is 2.64. The summed E-state index contributed by atoms with van der Waals surface area (Å²) in [5, 5.41) is 16.1. The molecular formula is C18H33N5O6. The van der Waals surface area contributed by atoms with Crippen LogP contribution >= 0.6 is 0 Å². The lowest BCUT2D eigenvalue weighted by atomic mass is 9.96. The van der Waals surface area contributed by atoms with Crippen molar-refractivity contribution in [2.45, 2.75) is 65.1 Å². The van der Waals surface area contributed by atoms with Crippen LogP contribution in [0.4, 0.5) is 0 Å². The van der Waals surface area contributed by atoms with Crippen LogP contribution in [0, 0.1) is 11.8 Å². The topological polar surface area (TPSA) is 194 Å². The highest BCUT2D eigenvalue weighted by Crippen LogP contribution is 2.11. The van der Waals surface area contributed by atoms with Crippen LogP contribution in [0.2, 0.25) is 0 Å². The molecule has 11 nitrogen and oxygen atoms in total. The van der Waals surface area contributed by atoms with Crippen molar-refractivity contribution in [3.05, 3.63) is 0 Å². The molecule has 0 aromatic heterocycles. The summed E-state index contributed by atoms with van der Waals surface area (Å²) >= 11 is 0. The molecule has 0 rings (SSSR count). The van der Waals surface area contributed by atoms with E-state index in [-0.39, 0.29) is 24.7 Å². The lowest BCUT2D eigenvalue weighted by Crippen LogP contribution is -2.59. The number of hydrogen-bond donors (Lipinski definition) is 6. The normalized spacial score (nSPS) is 15.0. The van der Waals surface area contributed by atoms with Crippen LogP contribution in [-0.4, -0.2) is 59.4 Å². The zero-order chi connectivity index (χ0) is 22.7. The van der Waals surface area contributed by atoms with Gasteiger partial charge in [0.2, 0.25) is 23.6 Å². The summed E-state index contributed by atoms with van der Waals surface area (Å²) < 4.78 is 0. The molecular weight excluding hydrogens is 382 g/mol. The van der Waals surface area contributed by atoms with Crippen LogP contribution in [0.15, 0.2) is 0 Å². The molecule has 0 aromatic rings. The summed E-state index contributed by atoms with van der Waals surface area (Å²) in [5.74, 6) is -4.21. The Morgan fingerprint density at radius 1 is 0.931 bits per heavy atom. The van der Waals surface area contributed by atoms with Crippen LogP contribution in [0.25, 0.3) is 0 Å². The van der Waals surface area contributed by atoms with E-state index in [1.807, 2.05) is 6.92 Å². The Labute approximate surface area is 170 Å². The maximum Gasteiger partial charge on any atom is 0.322 e. The largest absolute Gasteiger partial charge is 0.480 e. The molecule has 166 valence electrons. The van der Waals surface area contributed by atoms with E-state index < -0.39 is 54.3 Å². The molecule has 0 aliphatic carbocycles. The number of nitrogens with two attached hydrogens (primary N) is 2. The molecule has 0 aliphatic heterocycles. The number of rotatable bonds is 13. The van der Waals surface area contributed by atoms with Crippen molar-refractivity contribution in [2.24, 2.45) is 23.3 Å². The summed E-state index contributed by atoms with van der Waals surface area (Å²) in [6, 6.07) is -2.95. The van der Waals surface area contributed by atoms with Crippen molar-refractivity contribution in [3.63, 3.8) is 0 Å². The van der Waals surface area contributed by atoms with Crippen molar-refractivity contribution in [1.29, 1.82) is 0 Å². The van der Waals surface area contributed by atoms with Gasteiger partial charge in [-0.05, 0) is 18.3 Å². The van der Waals surface area contributed by atoms with E-state index in [9.17, 15) is 24.0 Å². The third-order valence-corrected chi connectivity index (χ3v) is 4.49. The highest BCUT2D eigenvalue weighted by Gasteiger charge is 2.32. The van der Waals surface area contributed by atoms with Crippen molar-refractivity contribution in [1.82, 2.24) is 16.0 Å². The van der Waals surface area contributed by atoms with Gasteiger partial charge in [-0.25, -0.2) is 0 Å². The highest BCUT2D eigenvalue weighted by atomic mass is 16.4. The SMILES string of the molecule is CCC(C)C(NC(=O)C(N)CCC(N)=O)C(=O)NC(C(=O)NCC(=O)O)C(C)C. The molecule has 0 spiro atoms. The van der Waals surface area contributed by atoms with Crippen LogP contribution in [-0.2, 0) is 24.0 Å². The first-order valence-electron chi connectivity index (χ1n) is 9.54. The predicted molar refractivity (Wildman–Crippen MR) is 105 cm³/mol. The molecule has 0 bridgehead atoms. The van der Waals surface area contributed by atoms with Crippen molar-refractivity contribution >= 4 is 29.6 Å². The Balaban J connectivity index is 5.21. The summed E-state index contributed by atoms with van der Waals surface area (Å²) in [4.78, 5) is 58.8. The van der Waals surface area contributed by atoms with Gasteiger partial charge in [0.1, 0.15) is 18.6 Å². The number of amides is 4. The Morgan fingerprint density at radius 3 is 1.93 bits per heavy atom. The number of aliphatic carboxylic acids is 1. The second-order valence-electron chi connectivity index (χ2n) is 7.33. The molecule has 0 saturated heterocycles. The second kappa shape index (κ2) is 12.7. The maximum absolute atomic E-state index is 12.8. The molecule has 0 aliphatic rings. The standard InChI is InChI=1S/C18H33N5O6/c1-5-10(4)15(23-16(27)11(19)6-7-12(20)24)18(29)22-14(9(2)3)17(28)21-8-13(25)26/h9-11,14-15H,5-8,19H2,1-4H3,(H2,20,24)(H,21,28)(H,22,29)(H,23,27)(H,25,26). The Morgan fingerprint density at radius 2 is 1.48 bits per heavy atom. The fraction of sp³-hybridized carbons (Fsp3) is 0.722. The van der Waals surface area contributed by atoms with Gasteiger partial charge in [0.25, 0.3) is 0 Å². The lowest BCUT2D eigenvalue weighted by molar-refractivity contribution is -0.139. The summed E-state index contributed by atoms with van der Waals surface area (Å²) in [7, 11) is 0. The number of primary amides is 1. The first-order chi connectivity index (χ1) is 13.4. The summed E-state index contributed by atoms with van der Waals surface area (Å²) in [5.41, 5.74) is 10.8. The second-order valence-corrected chi connectivity index (χ2v) is 7.33. The molecule has 0 aromatic carbocycles. The molecule has 4 unspecified atom stereocenters. The Kier molecular flexibility index (Phi) is 11.5. The first kappa shape index (κ1) is 26.3. The van der Waals surface area contributed by atoms with E-state index in [0.717, 1.165) is 0 Å². The predicted octanol–water partition coefficient (Wildman–Crippen LogP) is -1.55. The fourth-order valence-electron chi connectivity index (χ4n) is 2.44. The quantitative estimate of drug-likeness (QED) is 0.209. The maximum atomic E-state index is 12.8. The minimum absolute atomic E-state index is 0.0439. The third-order valence-electron chi connectivity index (χ3n) is 4.49. The monoisotopic (exact) mass is 415 g/mol.